The topological polar surface area (TPSA) is 46.6 Å². The lowest BCUT2D eigenvalue weighted by molar-refractivity contribution is 0.0781. The highest BCUT2D eigenvalue weighted by Gasteiger charge is 2.24. The van der Waals surface area contributed by atoms with Gasteiger partial charge in [-0.15, -0.1) is 12.4 Å². The van der Waals surface area contributed by atoms with Crippen LogP contribution in [0.5, 0.6) is 0 Å². The average Bonchev–Trinajstić information content (AvgIpc) is 2.93. The molecule has 1 heterocycles. The minimum atomic E-state index is -0.941. The lowest BCUT2D eigenvalue weighted by atomic mass is 9.89. The Bertz CT molecular complexity index is 1170. The number of rotatable bonds is 9. The summed E-state index contributed by atoms with van der Waals surface area (Å²) in [6, 6.07) is 23.5. The van der Waals surface area contributed by atoms with Gasteiger partial charge in [-0.2, -0.15) is 0 Å². The van der Waals surface area contributed by atoms with Gasteiger partial charge in [-0.1, -0.05) is 59.6 Å². The molecule has 0 spiro atoms. The molecule has 1 aliphatic heterocycles. The summed E-state index contributed by atoms with van der Waals surface area (Å²) in [5.41, 5.74) is 3.13. The van der Waals surface area contributed by atoms with Crippen molar-refractivity contribution in [2.45, 2.75) is 36.0 Å². The van der Waals surface area contributed by atoms with Gasteiger partial charge in [-0.05, 0) is 104 Å². The van der Waals surface area contributed by atoms with Crippen LogP contribution in [0, 0.1) is 0 Å². The van der Waals surface area contributed by atoms with Crippen LogP contribution < -0.4 is 0 Å². The number of carbonyl (C=O) groups excluding carboxylic acids is 1. The van der Waals surface area contributed by atoms with Crippen molar-refractivity contribution in [3.05, 3.63) is 99.5 Å². The Morgan fingerprint density at radius 2 is 1.68 bits per heavy atom. The van der Waals surface area contributed by atoms with E-state index < -0.39 is 11.2 Å². The Balaban J connectivity index is 0.00000400. The van der Waals surface area contributed by atoms with Crippen LogP contribution in [-0.2, 0) is 11.2 Å². The molecule has 1 amide bonds. The molecule has 3 aromatic carbocycles. The van der Waals surface area contributed by atoms with Crippen LogP contribution in [0.3, 0.4) is 0 Å². The van der Waals surface area contributed by atoms with Crippen LogP contribution >= 0.6 is 35.6 Å². The maximum Gasteiger partial charge on any atom is 0.253 e. The van der Waals surface area contributed by atoms with Gasteiger partial charge >= 0.3 is 0 Å². The number of halogens is 3. The highest BCUT2D eigenvalue weighted by molar-refractivity contribution is 7.90. The van der Waals surface area contributed by atoms with Crippen LogP contribution in [0.1, 0.15) is 52.6 Å². The zero-order valence-electron chi connectivity index (χ0n) is 21.8. The lowest BCUT2D eigenvalue weighted by Gasteiger charge is -2.34. The highest BCUT2D eigenvalue weighted by atomic mass is 35.5. The number of piperidine rings is 1. The summed E-state index contributed by atoms with van der Waals surface area (Å²) in [4.78, 5) is 18.2. The van der Waals surface area contributed by atoms with Gasteiger partial charge in [0.25, 0.3) is 5.91 Å². The summed E-state index contributed by atoms with van der Waals surface area (Å²) in [7, 11) is 1.87. The van der Waals surface area contributed by atoms with Gasteiger partial charge in [0.2, 0.25) is 0 Å². The van der Waals surface area contributed by atoms with Crippen LogP contribution in [0.4, 0.5) is 0 Å². The molecule has 0 radical (unpaired) electrons. The maximum absolute atomic E-state index is 13.0. The van der Waals surface area contributed by atoms with Crippen molar-refractivity contribution in [2.24, 2.45) is 0 Å². The van der Waals surface area contributed by atoms with Crippen molar-refractivity contribution in [3.63, 3.8) is 0 Å². The predicted octanol–water partition coefficient (Wildman–Crippen LogP) is 7.28. The summed E-state index contributed by atoms with van der Waals surface area (Å²) in [5.74, 6) is 0.702. The average molecular weight is 594 g/mol. The number of amides is 1. The van der Waals surface area contributed by atoms with Crippen molar-refractivity contribution in [1.82, 2.24) is 9.80 Å². The molecule has 3 aromatic rings. The third kappa shape index (κ3) is 8.14. The maximum atomic E-state index is 13.0. The molecule has 38 heavy (non-hydrogen) atoms. The summed E-state index contributed by atoms with van der Waals surface area (Å²) in [5, 5.41) is 1.08. The molecule has 0 aliphatic carbocycles. The van der Waals surface area contributed by atoms with E-state index in [0.29, 0.717) is 28.1 Å². The molecule has 1 saturated heterocycles. The van der Waals surface area contributed by atoms with Gasteiger partial charge < -0.3 is 14.4 Å². The second-order valence-electron chi connectivity index (χ2n) is 9.85. The zero-order valence-corrected chi connectivity index (χ0v) is 25.0. The van der Waals surface area contributed by atoms with Crippen molar-refractivity contribution < 1.29 is 9.35 Å². The summed E-state index contributed by atoms with van der Waals surface area (Å²) >= 11 is 11.6. The normalized spacial score (nSPS) is 15.9. The quantitative estimate of drug-likeness (QED) is 0.245. The Hall–Kier alpha value is -1.73. The molecule has 8 heteroatoms. The van der Waals surface area contributed by atoms with Gasteiger partial charge in [0.15, 0.2) is 4.90 Å². The fourth-order valence-corrected chi connectivity index (χ4v) is 5.93. The van der Waals surface area contributed by atoms with E-state index in [4.69, 9.17) is 23.2 Å². The van der Waals surface area contributed by atoms with Gasteiger partial charge in [-0.3, -0.25) is 4.79 Å². The Labute approximate surface area is 245 Å². The minimum Gasteiger partial charge on any atom is -0.612 e. The minimum absolute atomic E-state index is 0. The number of hydrogen-bond donors (Lipinski definition) is 0. The first kappa shape index (κ1) is 30.8. The molecule has 0 N–H and O–H groups in total. The molecule has 4 rings (SSSR count). The molecular formula is C30H35Cl3N2O2S. The van der Waals surface area contributed by atoms with Crippen molar-refractivity contribution in [2.75, 3.05) is 39.5 Å². The summed E-state index contributed by atoms with van der Waals surface area (Å²) in [6.07, 6.45) is 4.86. The van der Waals surface area contributed by atoms with Crippen LogP contribution in [-0.4, -0.2) is 59.7 Å². The number of hydrogen-bond acceptors (Lipinski definition) is 3. The monoisotopic (exact) mass is 592 g/mol. The standard InChI is InChI=1S/C30H34Cl2N2O2S.ClH/c1-33(30(35)24-6-4-3-5-7-24)21-26(25-10-13-28(31)29(32)20-25)16-19-34-17-14-23(15-18-34)22-8-11-27(12-9-22)37(2)36;/h3-13,20,23,26H,14-19,21H2,1-2H3;1H/t26-,37?;/m1./s1. The lowest BCUT2D eigenvalue weighted by Crippen LogP contribution is -2.36. The van der Waals surface area contributed by atoms with Gasteiger partial charge in [-0.25, -0.2) is 0 Å². The molecule has 1 unspecified atom stereocenters. The molecule has 2 atom stereocenters. The molecule has 4 nitrogen and oxygen atoms in total. The SMILES string of the molecule is CN(C[C@@H](CCN1CCC(c2ccc([S+](C)[O-])cc2)CC1)c1ccc(Cl)c(Cl)c1)C(=O)c1ccccc1.Cl. The molecule has 0 bridgehead atoms. The molecule has 204 valence electrons. The molecular weight excluding hydrogens is 559 g/mol. The molecule has 0 saturated carbocycles. The van der Waals surface area contributed by atoms with Crippen molar-refractivity contribution in [3.8, 4) is 0 Å². The van der Waals surface area contributed by atoms with Crippen molar-refractivity contribution in [1.29, 1.82) is 0 Å². The third-order valence-corrected chi connectivity index (χ3v) is 9.02. The second-order valence-corrected chi connectivity index (χ2v) is 12.0. The zero-order chi connectivity index (χ0) is 26.4. The van der Waals surface area contributed by atoms with E-state index in [1.807, 2.05) is 72.6 Å². The second kappa shape index (κ2) is 14.6. The van der Waals surface area contributed by atoms with E-state index >= 15 is 0 Å². The van der Waals surface area contributed by atoms with E-state index in [-0.39, 0.29) is 24.2 Å². The van der Waals surface area contributed by atoms with E-state index in [0.717, 1.165) is 49.4 Å². The largest absolute Gasteiger partial charge is 0.612 e. The predicted molar refractivity (Wildman–Crippen MR) is 162 cm³/mol. The number of benzene rings is 3. The fourth-order valence-electron chi connectivity index (χ4n) is 5.10. The van der Waals surface area contributed by atoms with E-state index in [9.17, 15) is 9.35 Å². The highest BCUT2D eigenvalue weighted by Crippen LogP contribution is 2.32. The van der Waals surface area contributed by atoms with Gasteiger partial charge in [0, 0.05) is 25.1 Å². The summed E-state index contributed by atoms with van der Waals surface area (Å²) in [6.45, 7) is 3.64. The van der Waals surface area contributed by atoms with Gasteiger partial charge in [0.05, 0.1) is 10.0 Å². The van der Waals surface area contributed by atoms with Crippen LogP contribution in [0.25, 0.3) is 0 Å². The van der Waals surface area contributed by atoms with Gasteiger partial charge in [0.1, 0.15) is 6.26 Å². The van der Waals surface area contributed by atoms with E-state index in [1.54, 1.807) is 6.26 Å². The smallest absolute Gasteiger partial charge is 0.253 e. The van der Waals surface area contributed by atoms with E-state index in [1.165, 1.54) is 5.56 Å². The molecule has 1 fully saturated rings. The third-order valence-electron chi connectivity index (χ3n) is 7.34. The molecule has 1 aliphatic rings. The number of carbonyl (C=O) groups is 1. The Morgan fingerprint density at radius 3 is 2.29 bits per heavy atom. The number of nitrogens with zero attached hydrogens (tertiary/aromatic N) is 2. The Kier molecular flexibility index (Phi) is 11.8. The summed E-state index contributed by atoms with van der Waals surface area (Å²) < 4.78 is 11.7. The van der Waals surface area contributed by atoms with Crippen LogP contribution in [0.15, 0.2) is 77.7 Å². The number of likely N-dealkylation sites (tertiary alicyclic amines) is 1. The fraction of sp³-hybridized carbons (Fsp3) is 0.367. The Morgan fingerprint density at radius 1 is 1.03 bits per heavy atom. The van der Waals surface area contributed by atoms with Crippen LogP contribution in [0.2, 0.25) is 10.0 Å². The molecule has 0 aromatic heterocycles. The first-order valence-corrected chi connectivity index (χ1v) is 15.0. The first-order chi connectivity index (χ1) is 17.8. The van der Waals surface area contributed by atoms with Crippen molar-refractivity contribution >= 4 is 52.7 Å². The first-order valence-electron chi connectivity index (χ1n) is 12.7. The van der Waals surface area contributed by atoms with E-state index in [2.05, 4.69) is 17.0 Å². The number of likely N-dealkylation sites (N-methyl/N-ethyl adjacent to an activating group) is 1.